The summed E-state index contributed by atoms with van der Waals surface area (Å²) in [5.74, 6) is 2.05. The van der Waals surface area contributed by atoms with Gasteiger partial charge in [-0.2, -0.15) is 0 Å². The van der Waals surface area contributed by atoms with Crippen LogP contribution < -0.4 is 0 Å². The fourth-order valence-electron chi connectivity index (χ4n) is 1.47. The summed E-state index contributed by atoms with van der Waals surface area (Å²) in [5.41, 5.74) is 1.35. The van der Waals surface area contributed by atoms with Crippen molar-refractivity contribution in [1.29, 1.82) is 0 Å². The molecule has 0 saturated carbocycles. The highest BCUT2D eigenvalue weighted by molar-refractivity contribution is 6.50. The van der Waals surface area contributed by atoms with Crippen LogP contribution in [-0.4, -0.2) is 21.3 Å². The third kappa shape index (κ3) is 7.40. The van der Waals surface area contributed by atoms with E-state index in [0.29, 0.717) is 0 Å². The van der Waals surface area contributed by atoms with Gasteiger partial charge in [-0.05, 0) is 19.3 Å². The summed E-state index contributed by atoms with van der Waals surface area (Å²) in [5, 5.41) is 0. The van der Waals surface area contributed by atoms with Crippen LogP contribution in [0.15, 0.2) is 24.2 Å². The molecule has 0 aromatic rings. The highest BCUT2D eigenvalue weighted by atomic mass is 16.6. The fourth-order valence-corrected chi connectivity index (χ4v) is 1.47. The van der Waals surface area contributed by atoms with Gasteiger partial charge in [0, 0.05) is 14.2 Å². The first-order valence-corrected chi connectivity index (χ1v) is 5.64. The Morgan fingerprint density at radius 2 is 1.93 bits per heavy atom. The van der Waals surface area contributed by atoms with Crippen molar-refractivity contribution in [2.24, 2.45) is 0 Å². The zero-order chi connectivity index (χ0) is 11.5. The molecule has 0 aromatic carbocycles. The summed E-state index contributed by atoms with van der Waals surface area (Å²) in [4.78, 5) is 0. The highest BCUT2D eigenvalue weighted by Gasteiger charge is 2.11. The Bertz CT molecular complexity index is 186. The Hall–Kier alpha value is -0.535. The average Bonchev–Trinajstić information content (AvgIpc) is 2.26. The Labute approximate surface area is 94.5 Å². The number of hydrogen-bond acceptors (Lipinski definition) is 2. The third-order valence-electron chi connectivity index (χ3n) is 2.34. The molecule has 0 spiro atoms. The molecular weight excluding hydrogens is 187 g/mol. The van der Waals surface area contributed by atoms with Gasteiger partial charge >= 0.3 is 7.12 Å². The van der Waals surface area contributed by atoms with Crippen LogP contribution in [0.3, 0.4) is 0 Å². The molecule has 15 heavy (non-hydrogen) atoms. The molecule has 0 aliphatic carbocycles. The van der Waals surface area contributed by atoms with Gasteiger partial charge in [0.25, 0.3) is 0 Å². The van der Waals surface area contributed by atoms with Gasteiger partial charge in [-0.15, -0.1) is 6.58 Å². The van der Waals surface area contributed by atoms with Crippen LogP contribution in [0, 0.1) is 0 Å². The first-order valence-electron chi connectivity index (χ1n) is 5.64. The van der Waals surface area contributed by atoms with E-state index in [4.69, 9.17) is 9.31 Å². The topological polar surface area (TPSA) is 18.5 Å². The summed E-state index contributed by atoms with van der Waals surface area (Å²) >= 11 is 0. The first kappa shape index (κ1) is 14.5. The second-order valence-corrected chi connectivity index (χ2v) is 3.61. The summed E-state index contributed by atoms with van der Waals surface area (Å²) in [6.07, 6.45) is 7.73. The molecule has 86 valence electrons. The molecule has 0 radical (unpaired) electrons. The van der Waals surface area contributed by atoms with E-state index in [0.717, 1.165) is 12.8 Å². The SMILES string of the molecule is C=CC/C(=C\B(OC)OC)CCCCC. The summed E-state index contributed by atoms with van der Waals surface area (Å²) in [6, 6.07) is 0. The maximum atomic E-state index is 5.15. The molecule has 0 bridgehead atoms. The molecule has 3 heteroatoms. The van der Waals surface area contributed by atoms with E-state index < -0.39 is 0 Å². The predicted octanol–water partition coefficient (Wildman–Crippen LogP) is 3.39. The van der Waals surface area contributed by atoms with Gasteiger partial charge in [0.05, 0.1) is 0 Å². The standard InChI is InChI=1S/C12H23BO2/c1-5-7-8-10-12(9-6-2)11-13(14-3)15-4/h6,11H,2,5,7-10H2,1,3-4H3/b12-11+. The summed E-state index contributed by atoms with van der Waals surface area (Å²) in [7, 11) is 3.09. The molecule has 0 saturated heterocycles. The van der Waals surface area contributed by atoms with Crippen molar-refractivity contribution < 1.29 is 9.31 Å². The largest absolute Gasteiger partial charge is 0.485 e. The Kier molecular flexibility index (Phi) is 9.64. The maximum absolute atomic E-state index is 5.15. The average molecular weight is 210 g/mol. The maximum Gasteiger partial charge on any atom is 0.485 e. The van der Waals surface area contributed by atoms with E-state index in [1.54, 1.807) is 14.2 Å². The third-order valence-corrected chi connectivity index (χ3v) is 2.34. The zero-order valence-electron chi connectivity index (χ0n) is 10.3. The normalized spacial score (nSPS) is 11.5. The van der Waals surface area contributed by atoms with E-state index in [-0.39, 0.29) is 7.12 Å². The van der Waals surface area contributed by atoms with Gasteiger partial charge in [-0.3, -0.25) is 0 Å². The van der Waals surface area contributed by atoms with Gasteiger partial charge in [0.2, 0.25) is 0 Å². The zero-order valence-corrected chi connectivity index (χ0v) is 10.3. The Balaban J connectivity index is 4.15. The Morgan fingerprint density at radius 3 is 2.40 bits per heavy atom. The van der Waals surface area contributed by atoms with Crippen molar-refractivity contribution in [3.05, 3.63) is 24.2 Å². The lowest BCUT2D eigenvalue weighted by atomic mass is 9.84. The minimum Gasteiger partial charge on any atom is -0.410 e. The van der Waals surface area contributed by atoms with Crippen LogP contribution in [0.4, 0.5) is 0 Å². The molecule has 0 heterocycles. The molecule has 0 fully saturated rings. The lowest BCUT2D eigenvalue weighted by molar-refractivity contribution is 0.290. The van der Waals surface area contributed by atoms with E-state index in [2.05, 4.69) is 19.5 Å². The molecular formula is C12H23BO2. The lowest BCUT2D eigenvalue weighted by Gasteiger charge is -2.08. The van der Waals surface area contributed by atoms with Crippen LogP contribution in [0.1, 0.15) is 39.0 Å². The van der Waals surface area contributed by atoms with Gasteiger partial charge < -0.3 is 9.31 Å². The fraction of sp³-hybridized carbons (Fsp3) is 0.667. The molecule has 0 atom stereocenters. The van der Waals surface area contributed by atoms with Crippen LogP contribution in [0.2, 0.25) is 0 Å². The predicted molar refractivity (Wildman–Crippen MR) is 66.8 cm³/mol. The molecule has 0 aliphatic rings. The molecule has 0 aliphatic heterocycles. The molecule has 2 nitrogen and oxygen atoms in total. The summed E-state index contributed by atoms with van der Waals surface area (Å²) < 4.78 is 10.3. The van der Waals surface area contributed by atoms with Crippen molar-refractivity contribution in [2.45, 2.75) is 39.0 Å². The number of unbranched alkanes of at least 4 members (excludes halogenated alkanes) is 2. The van der Waals surface area contributed by atoms with E-state index in [9.17, 15) is 0 Å². The van der Waals surface area contributed by atoms with Gasteiger partial charge in [0.15, 0.2) is 0 Å². The van der Waals surface area contributed by atoms with Crippen LogP contribution in [0.25, 0.3) is 0 Å². The van der Waals surface area contributed by atoms with Crippen molar-refractivity contribution in [2.75, 3.05) is 14.2 Å². The number of hydrogen-bond donors (Lipinski definition) is 0. The van der Waals surface area contributed by atoms with Crippen LogP contribution >= 0.6 is 0 Å². The minimum absolute atomic E-state index is 0.221. The number of rotatable bonds is 9. The van der Waals surface area contributed by atoms with Gasteiger partial charge in [-0.1, -0.05) is 37.4 Å². The van der Waals surface area contributed by atoms with E-state index in [1.807, 2.05) is 6.08 Å². The molecule has 0 unspecified atom stereocenters. The van der Waals surface area contributed by atoms with E-state index >= 15 is 0 Å². The molecule has 0 rings (SSSR count). The summed E-state index contributed by atoms with van der Waals surface area (Å²) in [6.45, 7) is 5.98. The molecule has 0 amide bonds. The molecule has 0 aromatic heterocycles. The van der Waals surface area contributed by atoms with Crippen LogP contribution in [-0.2, 0) is 9.31 Å². The van der Waals surface area contributed by atoms with Crippen molar-refractivity contribution in [1.82, 2.24) is 0 Å². The first-order chi connectivity index (χ1) is 7.28. The van der Waals surface area contributed by atoms with Gasteiger partial charge in [0.1, 0.15) is 0 Å². The smallest absolute Gasteiger partial charge is 0.410 e. The quantitative estimate of drug-likeness (QED) is 0.330. The monoisotopic (exact) mass is 210 g/mol. The van der Waals surface area contributed by atoms with Gasteiger partial charge in [-0.25, -0.2) is 0 Å². The van der Waals surface area contributed by atoms with Crippen molar-refractivity contribution in [3.63, 3.8) is 0 Å². The second-order valence-electron chi connectivity index (χ2n) is 3.61. The minimum atomic E-state index is -0.221. The van der Waals surface area contributed by atoms with Crippen molar-refractivity contribution >= 4 is 7.12 Å². The lowest BCUT2D eigenvalue weighted by Crippen LogP contribution is -2.16. The van der Waals surface area contributed by atoms with E-state index in [1.165, 1.54) is 24.8 Å². The van der Waals surface area contributed by atoms with Crippen LogP contribution in [0.5, 0.6) is 0 Å². The second kappa shape index (κ2) is 10.00. The highest BCUT2D eigenvalue weighted by Crippen LogP contribution is 2.14. The Morgan fingerprint density at radius 1 is 1.27 bits per heavy atom. The number of allylic oxidation sites excluding steroid dienone is 2. The van der Waals surface area contributed by atoms with Crippen molar-refractivity contribution in [3.8, 4) is 0 Å². The molecule has 0 N–H and O–H groups in total.